The molecule has 2 amide bonds. The van der Waals surface area contributed by atoms with Crippen LogP contribution in [-0.4, -0.2) is 26.4 Å². The Morgan fingerprint density at radius 3 is 2.72 bits per heavy atom. The minimum Gasteiger partial charge on any atom is -0.466 e. The molecule has 0 bridgehead atoms. The van der Waals surface area contributed by atoms with E-state index in [-0.39, 0.29) is 12.1 Å². The van der Waals surface area contributed by atoms with Crippen LogP contribution in [0.1, 0.15) is 35.6 Å². The van der Waals surface area contributed by atoms with Crippen molar-refractivity contribution in [1.82, 2.24) is 5.32 Å². The summed E-state index contributed by atoms with van der Waals surface area (Å²) in [7, 11) is 1.64. The molecular weight excluding hydrogens is 320 g/mol. The lowest BCUT2D eigenvalue weighted by Gasteiger charge is -2.14. The average molecular weight is 346 g/mol. The predicted molar refractivity (Wildman–Crippen MR) is 96.7 cm³/mol. The van der Waals surface area contributed by atoms with Crippen LogP contribution in [-0.2, 0) is 16.1 Å². The zero-order valence-electron chi connectivity index (χ0n) is 15.2. The van der Waals surface area contributed by atoms with E-state index in [0.29, 0.717) is 19.8 Å². The first kappa shape index (κ1) is 19.0. The summed E-state index contributed by atoms with van der Waals surface area (Å²) in [6.45, 7) is 7.29. The van der Waals surface area contributed by atoms with Crippen LogP contribution in [0, 0.1) is 13.8 Å². The van der Waals surface area contributed by atoms with Crippen LogP contribution < -0.4 is 10.6 Å². The number of ether oxygens (including phenoxy) is 2. The molecule has 0 saturated heterocycles. The van der Waals surface area contributed by atoms with Crippen molar-refractivity contribution in [3.05, 3.63) is 53.0 Å². The molecule has 1 heterocycles. The van der Waals surface area contributed by atoms with Crippen LogP contribution in [0.4, 0.5) is 10.5 Å². The lowest BCUT2D eigenvalue weighted by Crippen LogP contribution is -2.31. The van der Waals surface area contributed by atoms with Crippen molar-refractivity contribution in [3.8, 4) is 0 Å². The maximum absolute atomic E-state index is 12.2. The number of hydrogen-bond donors (Lipinski definition) is 2. The fourth-order valence-electron chi connectivity index (χ4n) is 2.59. The number of aryl methyl sites for hydroxylation is 2. The third-order valence-electron chi connectivity index (χ3n) is 3.78. The molecule has 0 aliphatic heterocycles. The average Bonchev–Trinajstić information content (AvgIpc) is 2.90. The lowest BCUT2D eigenvalue weighted by molar-refractivity contribution is 0.0617. The maximum Gasteiger partial charge on any atom is 0.319 e. The highest BCUT2D eigenvalue weighted by atomic mass is 16.5. The fraction of sp³-hybridized carbons (Fsp3) is 0.421. The second kappa shape index (κ2) is 9.25. The van der Waals surface area contributed by atoms with E-state index in [1.54, 1.807) is 7.11 Å². The second-order valence-corrected chi connectivity index (χ2v) is 5.93. The van der Waals surface area contributed by atoms with Crippen LogP contribution in [0.15, 0.2) is 34.7 Å². The van der Waals surface area contributed by atoms with E-state index in [0.717, 1.165) is 28.3 Å². The third-order valence-corrected chi connectivity index (χ3v) is 3.78. The van der Waals surface area contributed by atoms with Gasteiger partial charge in [-0.05, 0) is 44.5 Å². The molecule has 0 fully saturated rings. The van der Waals surface area contributed by atoms with Crippen molar-refractivity contribution in [2.75, 3.05) is 25.6 Å². The number of rotatable bonds is 8. The van der Waals surface area contributed by atoms with E-state index in [1.807, 2.05) is 51.1 Å². The van der Waals surface area contributed by atoms with Gasteiger partial charge in [-0.1, -0.05) is 12.1 Å². The van der Waals surface area contributed by atoms with Gasteiger partial charge < -0.3 is 24.5 Å². The smallest absolute Gasteiger partial charge is 0.319 e. The van der Waals surface area contributed by atoms with Crippen molar-refractivity contribution in [1.29, 1.82) is 0 Å². The highest BCUT2D eigenvalue weighted by molar-refractivity contribution is 5.89. The van der Waals surface area contributed by atoms with Crippen LogP contribution in [0.25, 0.3) is 0 Å². The number of benzene rings is 1. The molecule has 25 heavy (non-hydrogen) atoms. The van der Waals surface area contributed by atoms with Crippen molar-refractivity contribution in [2.24, 2.45) is 0 Å². The SMILES string of the molecule is COCCOCc1cccc(NC(=O)NC(C)c2cc(C)oc2C)c1. The molecule has 1 aromatic heterocycles. The number of anilines is 1. The van der Waals surface area contributed by atoms with Crippen molar-refractivity contribution in [3.63, 3.8) is 0 Å². The normalized spacial score (nSPS) is 12.0. The van der Waals surface area contributed by atoms with Gasteiger partial charge in [0.1, 0.15) is 11.5 Å². The van der Waals surface area contributed by atoms with Crippen molar-refractivity contribution < 1.29 is 18.7 Å². The Labute approximate surface area is 148 Å². The minimum atomic E-state index is -0.261. The number of carbonyl (C=O) groups is 1. The third kappa shape index (κ3) is 5.92. The first-order chi connectivity index (χ1) is 12.0. The van der Waals surface area contributed by atoms with E-state index >= 15 is 0 Å². The van der Waals surface area contributed by atoms with E-state index in [2.05, 4.69) is 10.6 Å². The Balaban J connectivity index is 1.88. The second-order valence-electron chi connectivity index (χ2n) is 5.93. The molecule has 136 valence electrons. The van der Waals surface area contributed by atoms with Gasteiger partial charge >= 0.3 is 6.03 Å². The minimum absolute atomic E-state index is 0.141. The summed E-state index contributed by atoms with van der Waals surface area (Å²) < 4.78 is 15.9. The number of furan rings is 1. The quantitative estimate of drug-likeness (QED) is 0.710. The van der Waals surface area contributed by atoms with E-state index < -0.39 is 0 Å². The molecule has 0 aliphatic carbocycles. The van der Waals surface area contributed by atoms with Gasteiger partial charge in [-0.15, -0.1) is 0 Å². The Bertz CT molecular complexity index is 696. The molecule has 2 rings (SSSR count). The molecule has 6 nitrogen and oxygen atoms in total. The lowest BCUT2D eigenvalue weighted by atomic mass is 10.1. The molecule has 1 aromatic carbocycles. The van der Waals surface area contributed by atoms with E-state index in [1.165, 1.54) is 0 Å². The van der Waals surface area contributed by atoms with Gasteiger partial charge in [0.05, 0.1) is 25.9 Å². The van der Waals surface area contributed by atoms with E-state index in [9.17, 15) is 4.79 Å². The van der Waals surface area contributed by atoms with Gasteiger partial charge in [0, 0.05) is 18.4 Å². The molecule has 1 atom stereocenters. The summed E-state index contributed by atoms with van der Waals surface area (Å²) in [6, 6.07) is 9.12. The van der Waals surface area contributed by atoms with Gasteiger partial charge in [0.2, 0.25) is 0 Å². The summed E-state index contributed by atoms with van der Waals surface area (Å²) in [5.74, 6) is 1.66. The molecule has 0 aliphatic rings. The highest BCUT2D eigenvalue weighted by Gasteiger charge is 2.15. The predicted octanol–water partition coefficient (Wildman–Crippen LogP) is 3.94. The number of carbonyl (C=O) groups excluding carboxylic acids is 1. The molecule has 0 radical (unpaired) electrons. The molecule has 0 saturated carbocycles. The Kier molecular flexibility index (Phi) is 7.03. The zero-order valence-corrected chi connectivity index (χ0v) is 15.2. The van der Waals surface area contributed by atoms with Gasteiger partial charge in [-0.3, -0.25) is 0 Å². The Morgan fingerprint density at radius 2 is 2.04 bits per heavy atom. The number of nitrogens with one attached hydrogen (secondary N) is 2. The summed E-state index contributed by atoms with van der Waals surface area (Å²) >= 11 is 0. The molecule has 0 spiro atoms. The number of methoxy groups -OCH3 is 1. The van der Waals surface area contributed by atoms with Crippen molar-refractivity contribution >= 4 is 11.7 Å². The van der Waals surface area contributed by atoms with Crippen LogP contribution in [0.2, 0.25) is 0 Å². The number of amides is 2. The molecule has 1 unspecified atom stereocenters. The largest absolute Gasteiger partial charge is 0.466 e. The van der Waals surface area contributed by atoms with E-state index in [4.69, 9.17) is 13.9 Å². The molecule has 2 aromatic rings. The molecular formula is C19H26N2O4. The molecule has 6 heteroatoms. The fourth-order valence-corrected chi connectivity index (χ4v) is 2.59. The first-order valence-electron chi connectivity index (χ1n) is 8.29. The number of hydrogen-bond acceptors (Lipinski definition) is 4. The Morgan fingerprint density at radius 1 is 1.24 bits per heavy atom. The monoisotopic (exact) mass is 346 g/mol. The van der Waals surface area contributed by atoms with Crippen LogP contribution in [0.5, 0.6) is 0 Å². The van der Waals surface area contributed by atoms with Gasteiger partial charge in [-0.2, -0.15) is 0 Å². The standard InChI is InChI=1S/C19H26N2O4/c1-13-10-18(15(3)25-13)14(2)20-19(22)21-17-7-5-6-16(11-17)12-24-9-8-23-4/h5-7,10-11,14H,8-9,12H2,1-4H3,(H2,20,21,22). The summed E-state index contributed by atoms with van der Waals surface area (Å²) in [4.78, 5) is 12.2. The van der Waals surface area contributed by atoms with Crippen LogP contribution >= 0.6 is 0 Å². The van der Waals surface area contributed by atoms with Crippen molar-refractivity contribution in [2.45, 2.75) is 33.4 Å². The summed E-state index contributed by atoms with van der Waals surface area (Å²) in [5, 5.41) is 5.77. The first-order valence-corrected chi connectivity index (χ1v) is 8.29. The zero-order chi connectivity index (χ0) is 18.2. The summed E-state index contributed by atoms with van der Waals surface area (Å²) in [6.07, 6.45) is 0. The van der Waals surface area contributed by atoms with Crippen LogP contribution in [0.3, 0.4) is 0 Å². The number of urea groups is 1. The summed E-state index contributed by atoms with van der Waals surface area (Å²) in [5.41, 5.74) is 2.69. The maximum atomic E-state index is 12.2. The van der Waals surface area contributed by atoms with Gasteiger partial charge in [0.15, 0.2) is 0 Å². The van der Waals surface area contributed by atoms with Gasteiger partial charge in [-0.25, -0.2) is 4.79 Å². The topological polar surface area (TPSA) is 72.7 Å². The Hall–Kier alpha value is -2.31. The van der Waals surface area contributed by atoms with Gasteiger partial charge in [0.25, 0.3) is 0 Å². The molecule has 2 N–H and O–H groups in total. The highest BCUT2D eigenvalue weighted by Crippen LogP contribution is 2.21.